The Labute approximate surface area is 85.6 Å². The van der Waals surface area contributed by atoms with E-state index in [1.807, 2.05) is 5.01 Å². The van der Waals surface area contributed by atoms with Gasteiger partial charge in [-0.05, 0) is 26.7 Å². The molecule has 1 N–H and O–H groups in total. The standard InChI is InChI=1S/C10H20N2O2/c1-10(2,14-3)9(13)11-12-7-5-4-6-8-12/h4-8H2,1-3H3,(H,11,13). The highest BCUT2D eigenvalue weighted by Gasteiger charge is 2.28. The van der Waals surface area contributed by atoms with E-state index in [9.17, 15) is 4.79 Å². The Balaban J connectivity index is 2.39. The summed E-state index contributed by atoms with van der Waals surface area (Å²) >= 11 is 0. The molecule has 1 rings (SSSR count). The number of amides is 1. The molecular weight excluding hydrogens is 180 g/mol. The average Bonchev–Trinajstić information content (AvgIpc) is 2.19. The van der Waals surface area contributed by atoms with Crippen molar-refractivity contribution in [2.45, 2.75) is 38.7 Å². The zero-order valence-electron chi connectivity index (χ0n) is 9.30. The van der Waals surface area contributed by atoms with E-state index in [0.29, 0.717) is 0 Å². The van der Waals surface area contributed by atoms with E-state index in [4.69, 9.17) is 4.74 Å². The van der Waals surface area contributed by atoms with E-state index in [2.05, 4.69) is 5.43 Å². The topological polar surface area (TPSA) is 41.6 Å². The second-order valence-corrected chi connectivity index (χ2v) is 4.20. The highest BCUT2D eigenvalue weighted by molar-refractivity contribution is 5.83. The van der Waals surface area contributed by atoms with E-state index in [0.717, 1.165) is 25.9 Å². The van der Waals surface area contributed by atoms with Gasteiger partial charge >= 0.3 is 0 Å². The Morgan fingerprint density at radius 2 is 1.86 bits per heavy atom. The number of hydrazine groups is 1. The fourth-order valence-electron chi connectivity index (χ4n) is 1.38. The molecule has 0 aromatic carbocycles. The van der Waals surface area contributed by atoms with Gasteiger partial charge in [-0.1, -0.05) is 6.42 Å². The van der Waals surface area contributed by atoms with Crippen LogP contribution in [-0.2, 0) is 9.53 Å². The lowest BCUT2D eigenvalue weighted by Crippen LogP contribution is -2.52. The van der Waals surface area contributed by atoms with Gasteiger partial charge in [-0.15, -0.1) is 0 Å². The van der Waals surface area contributed by atoms with Gasteiger partial charge in [0.25, 0.3) is 5.91 Å². The molecule has 0 saturated carbocycles. The SMILES string of the molecule is COC(C)(C)C(=O)NN1CCCCC1. The van der Waals surface area contributed by atoms with Gasteiger partial charge in [0.15, 0.2) is 0 Å². The Morgan fingerprint density at radius 1 is 1.29 bits per heavy atom. The maximum absolute atomic E-state index is 11.7. The van der Waals surface area contributed by atoms with Crippen LogP contribution in [0.4, 0.5) is 0 Å². The van der Waals surface area contributed by atoms with E-state index in [1.165, 1.54) is 6.42 Å². The first kappa shape index (κ1) is 11.5. The second-order valence-electron chi connectivity index (χ2n) is 4.20. The van der Waals surface area contributed by atoms with Crippen LogP contribution in [0.1, 0.15) is 33.1 Å². The third-order valence-corrected chi connectivity index (χ3v) is 2.67. The zero-order chi connectivity index (χ0) is 10.6. The Morgan fingerprint density at radius 3 is 2.36 bits per heavy atom. The lowest BCUT2D eigenvalue weighted by molar-refractivity contribution is -0.145. The fourth-order valence-corrected chi connectivity index (χ4v) is 1.38. The molecule has 0 unspecified atom stereocenters. The number of rotatable bonds is 3. The van der Waals surface area contributed by atoms with Gasteiger partial charge in [-0.3, -0.25) is 10.2 Å². The molecule has 1 aliphatic heterocycles. The molecule has 4 nitrogen and oxygen atoms in total. The van der Waals surface area contributed by atoms with Crippen LogP contribution in [0.2, 0.25) is 0 Å². The summed E-state index contributed by atoms with van der Waals surface area (Å²) in [6.07, 6.45) is 3.58. The first-order chi connectivity index (χ1) is 6.56. The Bertz CT molecular complexity index is 198. The third-order valence-electron chi connectivity index (χ3n) is 2.67. The van der Waals surface area contributed by atoms with Crippen molar-refractivity contribution in [2.24, 2.45) is 0 Å². The molecule has 4 heteroatoms. The predicted octanol–water partition coefficient (Wildman–Crippen LogP) is 0.928. The summed E-state index contributed by atoms with van der Waals surface area (Å²) in [4.78, 5) is 11.7. The predicted molar refractivity (Wildman–Crippen MR) is 54.7 cm³/mol. The molecule has 0 aliphatic carbocycles. The summed E-state index contributed by atoms with van der Waals surface area (Å²) in [5, 5.41) is 1.98. The summed E-state index contributed by atoms with van der Waals surface area (Å²) in [5.41, 5.74) is 2.14. The molecule has 1 saturated heterocycles. The lowest BCUT2D eigenvalue weighted by Gasteiger charge is -2.30. The lowest BCUT2D eigenvalue weighted by atomic mass is 10.1. The molecule has 0 spiro atoms. The van der Waals surface area contributed by atoms with Crippen molar-refractivity contribution in [3.63, 3.8) is 0 Å². The number of nitrogens with one attached hydrogen (secondary N) is 1. The number of carbonyl (C=O) groups is 1. The monoisotopic (exact) mass is 200 g/mol. The summed E-state index contributed by atoms with van der Waals surface area (Å²) in [7, 11) is 1.55. The minimum Gasteiger partial charge on any atom is -0.369 e. The maximum atomic E-state index is 11.7. The van der Waals surface area contributed by atoms with Crippen LogP contribution in [0, 0.1) is 0 Å². The molecule has 0 radical (unpaired) electrons. The van der Waals surface area contributed by atoms with Gasteiger partial charge in [0, 0.05) is 20.2 Å². The van der Waals surface area contributed by atoms with Gasteiger partial charge in [0.1, 0.15) is 5.60 Å². The number of hydrogen-bond donors (Lipinski definition) is 1. The summed E-state index contributed by atoms with van der Waals surface area (Å²) < 4.78 is 5.10. The van der Waals surface area contributed by atoms with Crippen LogP contribution in [0.25, 0.3) is 0 Å². The summed E-state index contributed by atoms with van der Waals surface area (Å²) in [5.74, 6) is -0.0677. The van der Waals surface area contributed by atoms with Crippen molar-refractivity contribution in [2.75, 3.05) is 20.2 Å². The second kappa shape index (κ2) is 4.75. The fraction of sp³-hybridized carbons (Fsp3) is 0.900. The van der Waals surface area contributed by atoms with E-state index in [1.54, 1.807) is 21.0 Å². The molecule has 1 fully saturated rings. The Kier molecular flexibility index (Phi) is 3.89. The van der Waals surface area contributed by atoms with Crippen LogP contribution in [-0.4, -0.2) is 36.7 Å². The van der Waals surface area contributed by atoms with Crippen LogP contribution in [0.15, 0.2) is 0 Å². The van der Waals surface area contributed by atoms with Crippen molar-refractivity contribution in [1.82, 2.24) is 10.4 Å². The molecule has 0 aromatic rings. The van der Waals surface area contributed by atoms with Crippen LogP contribution in [0.3, 0.4) is 0 Å². The molecule has 0 atom stereocenters. The smallest absolute Gasteiger partial charge is 0.265 e. The van der Waals surface area contributed by atoms with Gasteiger partial charge < -0.3 is 4.74 Å². The minimum absolute atomic E-state index is 0.0677. The number of piperidine rings is 1. The molecule has 1 aliphatic rings. The van der Waals surface area contributed by atoms with Gasteiger partial charge in [-0.2, -0.15) is 0 Å². The molecule has 0 bridgehead atoms. The molecular formula is C10H20N2O2. The van der Waals surface area contributed by atoms with Crippen LogP contribution in [0.5, 0.6) is 0 Å². The van der Waals surface area contributed by atoms with E-state index >= 15 is 0 Å². The number of ether oxygens (including phenoxy) is 1. The van der Waals surface area contributed by atoms with Crippen molar-refractivity contribution in [3.8, 4) is 0 Å². The van der Waals surface area contributed by atoms with Crippen molar-refractivity contribution < 1.29 is 9.53 Å². The van der Waals surface area contributed by atoms with Crippen LogP contribution < -0.4 is 5.43 Å². The minimum atomic E-state index is -0.739. The van der Waals surface area contributed by atoms with E-state index in [-0.39, 0.29) is 5.91 Å². The van der Waals surface area contributed by atoms with Crippen molar-refractivity contribution in [3.05, 3.63) is 0 Å². The third kappa shape index (κ3) is 2.96. The van der Waals surface area contributed by atoms with E-state index < -0.39 is 5.60 Å². The highest BCUT2D eigenvalue weighted by Crippen LogP contribution is 2.10. The first-order valence-corrected chi connectivity index (χ1v) is 5.17. The largest absolute Gasteiger partial charge is 0.369 e. The van der Waals surface area contributed by atoms with Crippen molar-refractivity contribution >= 4 is 5.91 Å². The number of hydrogen-bond acceptors (Lipinski definition) is 3. The molecule has 0 aromatic heterocycles. The number of carbonyl (C=O) groups excluding carboxylic acids is 1. The van der Waals surface area contributed by atoms with Gasteiger partial charge in [0.2, 0.25) is 0 Å². The van der Waals surface area contributed by atoms with Gasteiger partial charge in [0.05, 0.1) is 0 Å². The average molecular weight is 200 g/mol. The molecule has 1 heterocycles. The number of methoxy groups -OCH3 is 1. The summed E-state index contributed by atoms with van der Waals surface area (Å²) in [6.45, 7) is 5.44. The van der Waals surface area contributed by atoms with Crippen molar-refractivity contribution in [1.29, 1.82) is 0 Å². The molecule has 1 amide bonds. The quantitative estimate of drug-likeness (QED) is 0.737. The first-order valence-electron chi connectivity index (χ1n) is 5.17. The van der Waals surface area contributed by atoms with Crippen LogP contribution >= 0.6 is 0 Å². The Hall–Kier alpha value is -0.610. The van der Waals surface area contributed by atoms with Gasteiger partial charge in [-0.25, -0.2) is 5.01 Å². The maximum Gasteiger partial charge on any atom is 0.265 e. The zero-order valence-corrected chi connectivity index (χ0v) is 9.30. The normalized spacial score (nSPS) is 19.4. The number of nitrogens with zero attached hydrogens (tertiary/aromatic N) is 1. The summed E-state index contributed by atoms with van der Waals surface area (Å²) in [6, 6.07) is 0. The molecule has 82 valence electrons. The highest BCUT2D eigenvalue weighted by atomic mass is 16.5. The molecule has 14 heavy (non-hydrogen) atoms.